The Balaban J connectivity index is 1.11. The molecule has 72 heavy (non-hydrogen) atoms. The highest BCUT2D eigenvalue weighted by Crippen LogP contribution is 2.72. The molecule has 14 nitrogen and oxygen atoms in total. The number of hydrogen-bond donors (Lipinski definition) is 3. The second-order valence-corrected chi connectivity index (χ2v) is 25.4. The van der Waals surface area contributed by atoms with Crippen molar-refractivity contribution in [2.45, 2.75) is 219 Å². The van der Waals surface area contributed by atoms with E-state index in [0.29, 0.717) is 49.7 Å². The average molecular weight is 1040 g/mol. The number of nitrogens with zero attached hydrogens (tertiary/aromatic N) is 1. The van der Waals surface area contributed by atoms with Crippen molar-refractivity contribution in [3.63, 3.8) is 0 Å². The second kappa shape index (κ2) is 29.3. The number of quaternary nitrogens is 1. The highest BCUT2D eigenvalue weighted by molar-refractivity contribution is 7.47. The van der Waals surface area contributed by atoms with Crippen LogP contribution < -0.4 is 0 Å². The van der Waals surface area contributed by atoms with Crippen LogP contribution in [0, 0.1) is 34.0 Å². The van der Waals surface area contributed by atoms with Crippen LogP contribution in [0.2, 0.25) is 0 Å². The summed E-state index contributed by atoms with van der Waals surface area (Å²) in [7, 11) is 1.46. The van der Waals surface area contributed by atoms with Gasteiger partial charge in [-0.1, -0.05) is 155 Å². The normalized spacial score (nSPS) is 29.2. The van der Waals surface area contributed by atoms with Gasteiger partial charge in [-0.3, -0.25) is 28.2 Å². The average Bonchev–Trinajstić information content (AvgIpc) is 3.58. The van der Waals surface area contributed by atoms with E-state index in [2.05, 4.69) is 27.7 Å². The number of fused-ring (bicyclic) bond motifs is 5. The van der Waals surface area contributed by atoms with Crippen molar-refractivity contribution in [1.29, 1.82) is 0 Å². The van der Waals surface area contributed by atoms with Crippen molar-refractivity contribution in [3.8, 4) is 0 Å². The molecule has 0 heterocycles. The number of ether oxygens (including phenoxy) is 3. The molecular formula is C57H99NO13P+. The first-order valence-electron chi connectivity index (χ1n) is 28.3. The minimum atomic E-state index is -4.38. The molecule has 0 aromatic heterocycles. The summed E-state index contributed by atoms with van der Waals surface area (Å²) in [5, 5.41) is 24.1. The molecule has 4 aliphatic rings. The zero-order valence-corrected chi connectivity index (χ0v) is 47.0. The first kappa shape index (κ1) is 62.3. The summed E-state index contributed by atoms with van der Waals surface area (Å²) < 4.78 is 40.6. The third-order valence-corrected chi connectivity index (χ3v) is 18.0. The summed E-state index contributed by atoms with van der Waals surface area (Å²) in [6, 6.07) is 0. The summed E-state index contributed by atoms with van der Waals surface area (Å²) in [4.78, 5) is 62.2. The van der Waals surface area contributed by atoms with Gasteiger partial charge >= 0.3 is 19.8 Å². The number of phosphoric ester groups is 1. The molecule has 2 unspecified atom stereocenters. The molecular weight excluding hydrogens is 938 g/mol. The lowest BCUT2D eigenvalue weighted by atomic mass is 9.39. The van der Waals surface area contributed by atoms with Gasteiger partial charge in [-0.2, -0.15) is 0 Å². The lowest BCUT2D eigenvalue weighted by molar-refractivity contribution is -0.870. The number of aliphatic hydroxyl groups excluding tert-OH is 1. The fourth-order valence-electron chi connectivity index (χ4n) is 13.3. The van der Waals surface area contributed by atoms with E-state index < -0.39 is 66.2 Å². The fraction of sp³-hybridized carbons (Fsp3) is 0.860. The maximum absolute atomic E-state index is 13.8. The molecule has 0 saturated heterocycles. The lowest BCUT2D eigenvalue weighted by Crippen LogP contribution is -2.66. The number of ketones is 2. The SMILES string of the molecule is CCCCCCCCCCCCCCCCCOCC(COP(=O)(O)OCC[N+](C)(C)C)OC(=O)CCCCCCCC(=O)OCC(=O)[C@]1(O)CC[C@@H]2[C@@]3(C)C[C@@H](C)C4=CC(=O)C=C[C@@]4(C)[C@@H]3[C@H](O)C[C@]21C. The molecule has 15 heteroatoms. The van der Waals surface area contributed by atoms with Crippen LogP contribution in [0.3, 0.4) is 0 Å². The zero-order chi connectivity index (χ0) is 53.1. The van der Waals surface area contributed by atoms with E-state index >= 15 is 0 Å². The van der Waals surface area contributed by atoms with E-state index in [0.717, 1.165) is 37.7 Å². The molecule has 3 N–H and O–H groups in total. The van der Waals surface area contributed by atoms with Crippen molar-refractivity contribution < 1.29 is 66.6 Å². The van der Waals surface area contributed by atoms with Gasteiger partial charge in [-0.25, -0.2) is 4.57 Å². The van der Waals surface area contributed by atoms with Crippen LogP contribution >= 0.6 is 7.82 Å². The largest absolute Gasteiger partial charge is 0.472 e. The first-order valence-corrected chi connectivity index (χ1v) is 29.7. The van der Waals surface area contributed by atoms with Gasteiger partial charge in [0.05, 0.1) is 40.5 Å². The Hall–Kier alpha value is -2.29. The number of carbonyl (C=O) groups is 4. The minimum Gasteiger partial charge on any atom is -0.458 e. The van der Waals surface area contributed by atoms with E-state index in [4.69, 9.17) is 23.3 Å². The molecule has 0 radical (unpaired) electrons. The standard InChI is InChI=1S/C57H98NO13P/c1-9-10-11-12-13-14-15-16-17-18-19-20-21-25-28-36-67-41-46(42-70-72(65,66)69-37-35-58(6,7)8)71-52(63)30-27-24-22-23-26-29-51(62)68-43-50(61)57(64)34-32-49-55(4)39-44(2)47-38-45(59)31-33-54(47,3)53(55)48(60)40-56(49,57)5/h31,33,38,44,46,48-49,53,60,64H,9-30,32,34-37,39-43H2,1-8H3/p+1/t44-,46?,48-,49-,53+,54-,55-,56-,57-/m1/s1. The summed E-state index contributed by atoms with van der Waals surface area (Å²) in [5.41, 5.74) is -2.54. The molecule has 4 rings (SSSR count). The van der Waals surface area contributed by atoms with E-state index in [-0.39, 0.29) is 69.0 Å². The molecule has 0 spiro atoms. The summed E-state index contributed by atoms with van der Waals surface area (Å²) in [6.07, 6.45) is 27.9. The molecule has 4 aliphatic carbocycles. The number of allylic oxidation sites excluding steroid dienone is 4. The van der Waals surface area contributed by atoms with Crippen molar-refractivity contribution in [3.05, 3.63) is 23.8 Å². The minimum absolute atomic E-state index is 0.0266. The Bertz CT molecular complexity index is 1830. The third-order valence-electron chi connectivity index (χ3n) is 17.0. The fourth-order valence-corrected chi connectivity index (χ4v) is 14.0. The Morgan fingerprint density at radius 2 is 1.33 bits per heavy atom. The number of carbonyl (C=O) groups excluding carboxylic acids is 4. The number of unbranched alkanes of at least 4 members (excludes halogenated alkanes) is 18. The van der Waals surface area contributed by atoms with Gasteiger partial charge in [0.2, 0.25) is 5.78 Å². The van der Waals surface area contributed by atoms with Crippen LogP contribution in [-0.4, -0.2) is 122 Å². The van der Waals surface area contributed by atoms with Crippen LogP contribution in [0.5, 0.6) is 0 Å². The second-order valence-electron chi connectivity index (χ2n) is 23.9. The number of hydrogen-bond acceptors (Lipinski definition) is 12. The highest BCUT2D eigenvalue weighted by atomic mass is 31.2. The Kier molecular flexibility index (Phi) is 25.3. The Labute approximate surface area is 434 Å². The van der Waals surface area contributed by atoms with Gasteiger partial charge in [-0.15, -0.1) is 0 Å². The number of Topliss-reactive ketones (excluding diaryl/α,β-unsaturated/α-hetero) is 1. The molecule has 3 fully saturated rings. The van der Waals surface area contributed by atoms with Crippen LogP contribution in [-0.2, 0) is 47.0 Å². The van der Waals surface area contributed by atoms with Gasteiger partial charge in [0.25, 0.3) is 0 Å². The van der Waals surface area contributed by atoms with E-state index in [9.17, 15) is 38.8 Å². The van der Waals surface area contributed by atoms with Gasteiger partial charge in [0, 0.05) is 36.2 Å². The van der Waals surface area contributed by atoms with Crippen molar-refractivity contribution >= 4 is 31.3 Å². The molecule has 0 aliphatic heterocycles. The quantitative estimate of drug-likeness (QED) is 0.0231. The highest BCUT2D eigenvalue weighted by Gasteiger charge is 2.72. The third kappa shape index (κ3) is 18.2. The van der Waals surface area contributed by atoms with Gasteiger partial charge in [0.1, 0.15) is 24.9 Å². The number of rotatable bonds is 37. The van der Waals surface area contributed by atoms with Crippen LogP contribution in [0.4, 0.5) is 0 Å². The predicted octanol–water partition coefficient (Wildman–Crippen LogP) is 11.1. The Morgan fingerprint density at radius 1 is 0.778 bits per heavy atom. The monoisotopic (exact) mass is 1040 g/mol. The van der Waals surface area contributed by atoms with Crippen LogP contribution in [0.1, 0.15) is 202 Å². The maximum Gasteiger partial charge on any atom is 0.472 e. The van der Waals surface area contributed by atoms with Gasteiger partial charge in [-0.05, 0) is 74.3 Å². The molecule has 10 atom stereocenters. The van der Waals surface area contributed by atoms with Crippen molar-refractivity contribution in [2.75, 3.05) is 60.7 Å². The summed E-state index contributed by atoms with van der Waals surface area (Å²) >= 11 is 0. The molecule has 0 aromatic carbocycles. The molecule has 3 saturated carbocycles. The summed E-state index contributed by atoms with van der Waals surface area (Å²) in [6.45, 7) is 10.8. The van der Waals surface area contributed by atoms with Crippen molar-refractivity contribution in [2.24, 2.45) is 34.0 Å². The number of aliphatic hydroxyl groups is 2. The molecule has 0 aromatic rings. The number of esters is 2. The summed E-state index contributed by atoms with van der Waals surface area (Å²) in [5.74, 6) is -1.69. The molecule has 0 amide bonds. The van der Waals surface area contributed by atoms with E-state index in [1.54, 1.807) is 12.2 Å². The zero-order valence-electron chi connectivity index (χ0n) is 46.1. The van der Waals surface area contributed by atoms with Crippen molar-refractivity contribution in [1.82, 2.24) is 0 Å². The van der Waals surface area contributed by atoms with Crippen LogP contribution in [0.15, 0.2) is 23.8 Å². The van der Waals surface area contributed by atoms with Gasteiger partial charge in [0.15, 0.2) is 12.4 Å². The number of likely N-dealkylation sites (N-methyl/N-ethyl adjacent to an activating group) is 1. The van der Waals surface area contributed by atoms with E-state index in [1.807, 2.05) is 34.1 Å². The first-order chi connectivity index (χ1) is 34.0. The topological polar surface area (TPSA) is 192 Å². The molecule has 414 valence electrons. The lowest BCUT2D eigenvalue weighted by Gasteiger charge is -2.66. The predicted molar refractivity (Wildman–Crippen MR) is 281 cm³/mol. The molecule has 0 bridgehead atoms. The number of phosphoric acid groups is 1. The van der Waals surface area contributed by atoms with E-state index in [1.165, 1.54) is 77.0 Å². The smallest absolute Gasteiger partial charge is 0.458 e. The van der Waals surface area contributed by atoms with Crippen LogP contribution in [0.25, 0.3) is 0 Å². The maximum atomic E-state index is 13.8. The Morgan fingerprint density at radius 3 is 1.92 bits per heavy atom. The van der Waals surface area contributed by atoms with Gasteiger partial charge < -0.3 is 33.8 Å².